The molecule has 3 aromatic rings. The molecule has 1 fully saturated rings. The van der Waals surface area contributed by atoms with Crippen LogP contribution in [-0.4, -0.2) is 36.7 Å². The number of carbonyl (C=O) groups excluding carboxylic acids is 1. The molecule has 2 aromatic carbocycles. The van der Waals surface area contributed by atoms with Gasteiger partial charge in [0.1, 0.15) is 0 Å². The highest BCUT2D eigenvalue weighted by Gasteiger charge is 2.27. The van der Waals surface area contributed by atoms with E-state index in [1.54, 1.807) is 24.5 Å². The molecule has 0 spiro atoms. The van der Waals surface area contributed by atoms with E-state index < -0.39 is 10.0 Å². The van der Waals surface area contributed by atoms with Gasteiger partial charge in [-0.1, -0.05) is 18.2 Å². The van der Waals surface area contributed by atoms with E-state index in [-0.39, 0.29) is 10.8 Å². The molecule has 1 saturated heterocycles. The van der Waals surface area contributed by atoms with Gasteiger partial charge in [-0.3, -0.25) is 9.78 Å². The van der Waals surface area contributed by atoms with Gasteiger partial charge in [0.15, 0.2) is 0 Å². The maximum Gasteiger partial charge on any atom is 0.255 e. The van der Waals surface area contributed by atoms with E-state index in [1.807, 2.05) is 24.3 Å². The number of pyridine rings is 1. The lowest BCUT2D eigenvalue weighted by Crippen LogP contribution is -2.28. The van der Waals surface area contributed by atoms with Crippen molar-refractivity contribution in [3.63, 3.8) is 0 Å². The molecule has 0 aliphatic carbocycles. The van der Waals surface area contributed by atoms with Crippen molar-refractivity contribution in [2.75, 3.05) is 18.4 Å². The van der Waals surface area contributed by atoms with Crippen molar-refractivity contribution in [2.24, 2.45) is 0 Å². The number of benzene rings is 2. The van der Waals surface area contributed by atoms with Gasteiger partial charge in [0.2, 0.25) is 10.0 Å². The Kier molecular flexibility index (Phi) is 4.63. The number of hydrogen-bond donors (Lipinski definition) is 1. The minimum Gasteiger partial charge on any atom is -0.321 e. The van der Waals surface area contributed by atoms with Gasteiger partial charge in [0, 0.05) is 47.5 Å². The third-order valence-electron chi connectivity index (χ3n) is 4.73. The van der Waals surface area contributed by atoms with Crippen molar-refractivity contribution in [3.05, 3.63) is 66.5 Å². The third kappa shape index (κ3) is 3.43. The van der Waals surface area contributed by atoms with Gasteiger partial charge in [-0.2, -0.15) is 4.31 Å². The topological polar surface area (TPSA) is 79.4 Å². The molecule has 0 radical (unpaired) electrons. The zero-order valence-electron chi connectivity index (χ0n) is 14.6. The van der Waals surface area contributed by atoms with E-state index in [1.165, 1.54) is 16.4 Å². The molecule has 1 aliphatic heterocycles. The van der Waals surface area contributed by atoms with Crippen LogP contribution in [0.25, 0.3) is 10.8 Å². The summed E-state index contributed by atoms with van der Waals surface area (Å²) in [7, 11) is -3.56. The zero-order valence-corrected chi connectivity index (χ0v) is 15.4. The quantitative estimate of drug-likeness (QED) is 0.752. The minimum absolute atomic E-state index is 0.152. The number of hydrogen-bond acceptors (Lipinski definition) is 4. The predicted molar refractivity (Wildman–Crippen MR) is 104 cm³/mol. The maximum atomic E-state index is 12.7. The Morgan fingerprint density at radius 2 is 1.81 bits per heavy atom. The van der Waals surface area contributed by atoms with Crippen molar-refractivity contribution in [2.45, 2.75) is 17.7 Å². The maximum absolute atomic E-state index is 12.7. The van der Waals surface area contributed by atoms with E-state index in [4.69, 9.17) is 0 Å². The molecule has 0 atom stereocenters. The van der Waals surface area contributed by atoms with Crippen LogP contribution in [0.15, 0.2) is 65.8 Å². The van der Waals surface area contributed by atoms with Gasteiger partial charge in [-0.05, 0) is 43.2 Å². The Hall–Kier alpha value is -2.77. The van der Waals surface area contributed by atoms with Gasteiger partial charge < -0.3 is 5.32 Å². The molecule has 27 heavy (non-hydrogen) atoms. The second-order valence-corrected chi connectivity index (χ2v) is 8.43. The highest BCUT2D eigenvalue weighted by molar-refractivity contribution is 7.89. The number of anilines is 1. The summed E-state index contributed by atoms with van der Waals surface area (Å²) in [4.78, 5) is 17.0. The number of carbonyl (C=O) groups is 1. The van der Waals surface area contributed by atoms with Crippen molar-refractivity contribution in [1.82, 2.24) is 9.29 Å². The first-order chi connectivity index (χ1) is 13.1. The molecular weight excluding hydrogens is 362 g/mol. The van der Waals surface area contributed by atoms with Crippen LogP contribution in [0.1, 0.15) is 23.2 Å². The second kappa shape index (κ2) is 7.09. The molecule has 0 bridgehead atoms. The summed E-state index contributed by atoms with van der Waals surface area (Å²) in [6.45, 7) is 1.06. The van der Waals surface area contributed by atoms with Crippen LogP contribution >= 0.6 is 0 Å². The van der Waals surface area contributed by atoms with Crippen molar-refractivity contribution in [1.29, 1.82) is 0 Å². The average Bonchev–Trinajstić information content (AvgIpc) is 3.24. The number of nitrogens with zero attached hydrogens (tertiary/aromatic N) is 2. The molecule has 0 saturated carbocycles. The molecule has 4 rings (SSSR count). The first-order valence-corrected chi connectivity index (χ1v) is 10.2. The Morgan fingerprint density at radius 3 is 2.63 bits per heavy atom. The molecular formula is C20H19N3O3S. The molecule has 1 aliphatic rings. The summed E-state index contributed by atoms with van der Waals surface area (Å²) < 4.78 is 26.9. The van der Waals surface area contributed by atoms with Gasteiger partial charge >= 0.3 is 0 Å². The van der Waals surface area contributed by atoms with E-state index in [2.05, 4.69) is 10.3 Å². The van der Waals surface area contributed by atoms with E-state index in [0.29, 0.717) is 24.3 Å². The molecule has 2 heterocycles. The van der Waals surface area contributed by atoms with Crippen molar-refractivity contribution >= 4 is 32.4 Å². The molecule has 0 unspecified atom stereocenters. The summed E-state index contributed by atoms with van der Waals surface area (Å²) in [5.74, 6) is -0.349. The number of nitrogens with one attached hydrogen (secondary N) is 1. The highest BCUT2D eigenvalue weighted by Crippen LogP contribution is 2.24. The monoisotopic (exact) mass is 381 g/mol. The van der Waals surface area contributed by atoms with Crippen molar-refractivity contribution in [3.8, 4) is 0 Å². The molecule has 7 heteroatoms. The minimum atomic E-state index is -3.56. The first-order valence-electron chi connectivity index (χ1n) is 8.80. The Bertz CT molecular complexity index is 1100. The van der Waals surface area contributed by atoms with Crippen LogP contribution in [0.2, 0.25) is 0 Å². The van der Waals surface area contributed by atoms with Gasteiger partial charge in [0.25, 0.3) is 5.91 Å². The Balaban J connectivity index is 1.63. The molecule has 1 N–H and O–H groups in total. The van der Waals surface area contributed by atoms with E-state index in [0.717, 1.165) is 23.6 Å². The van der Waals surface area contributed by atoms with Crippen LogP contribution in [-0.2, 0) is 10.0 Å². The molecule has 1 aromatic heterocycles. The summed E-state index contributed by atoms with van der Waals surface area (Å²) in [6, 6.07) is 13.6. The Labute approximate surface area is 157 Å². The fourth-order valence-electron chi connectivity index (χ4n) is 3.30. The zero-order chi connectivity index (χ0) is 18.9. The second-order valence-electron chi connectivity index (χ2n) is 6.50. The SMILES string of the molecule is O=C(Nc1cccc2cnccc12)c1cccc(S(=O)(=O)N2CCCC2)c1. The summed E-state index contributed by atoms with van der Waals surface area (Å²) in [6.07, 6.45) is 5.14. The number of rotatable bonds is 4. The number of fused-ring (bicyclic) bond motifs is 1. The smallest absolute Gasteiger partial charge is 0.255 e. The van der Waals surface area contributed by atoms with Crippen LogP contribution in [0.5, 0.6) is 0 Å². The third-order valence-corrected chi connectivity index (χ3v) is 6.62. The highest BCUT2D eigenvalue weighted by atomic mass is 32.2. The van der Waals surface area contributed by atoms with Gasteiger partial charge in [-0.15, -0.1) is 0 Å². The number of aromatic nitrogens is 1. The first kappa shape index (κ1) is 17.6. The fraction of sp³-hybridized carbons (Fsp3) is 0.200. The van der Waals surface area contributed by atoms with E-state index in [9.17, 15) is 13.2 Å². The molecule has 138 valence electrons. The predicted octanol–water partition coefficient (Wildman–Crippen LogP) is 3.27. The molecule has 1 amide bonds. The van der Waals surface area contributed by atoms with Crippen LogP contribution in [0.3, 0.4) is 0 Å². The van der Waals surface area contributed by atoms with Crippen LogP contribution < -0.4 is 5.32 Å². The lowest BCUT2D eigenvalue weighted by Gasteiger charge is -2.16. The summed E-state index contributed by atoms with van der Waals surface area (Å²) in [5.41, 5.74) is 0.967. The average molecular weight is 381 g/mol. The molecule has 6 nitrogen and oxygen atoms in total. The van der Waals surface area contributed by atoms with Gasteiger partial charge in [0.05, 0.1) is 4.90 Å². The summed E-state index contributed by atoms with van der Waals surface area (Å²) in [5, 5.41) is 4.67. The number of sulfonamides is 1. The number of amides is 1. The largest absolute Gasteiger partial charge is 0.321 e. The van der Waals surface area contributed by atoms with Crippen LogP contribution in [0.4, 0.5) is 5.69 Å². The van der Waals surface area contributed by atoms with Crippen molar-refractivity contribution < 1.29 is 13.2 Å². The lowest BCUT2D eigenvalue weighted by atomic mass is 10.1. The lowest BCUT2D eigenvalue weighted by molar-refractivity contribution is 0.102. The van der Waals surface area contributed by atoms with Gasteiger partial charge in [-0.25, -0.2) is 8.42 Å². The Morgan fingerprint density at radius 1 is 1.04 bits per heavy atom. The normalized spacial score (nSPS) is 15.1. The fourth-order valence-corrected chi connectivity index (χ4v) is 4.86. The standard InChI is InChI=1S/C20H19N3O3S/c24-20(22-19-8-4-6-16-14-21-10-9-18(16)19)15-5-3-7-17(13-15)27(25,26)23-11-1-2-12-23/h3-10,13-14H,1-2,11-12H2,(H,22,24). The van der Waals surface area contributed by atoms with Crippen LogP contribution in [0, 0.1) is 0 Å². The summed E-state index contributed by atoms with van der Waals surface area (Å²) >= 11 is 0. The van der Waals surface area contributed by atoms with E-state index >= 15 is 0 Å².